The number of hydrogen-bond acceptors (Lipinski definition) is 6. The lowest BCUT2D eigenvalue weighted by atomic mass is 9.93. The van der Waals surface area contributed by atoms with Crippen LogP contribution in [0.3, 0.4) is 0 Å². The Morgan fingerprint density at radius 3 is 2.57 bits per heavy atom. The zero-order valence-electron chi connectivity index (χ0n) is 18.6. The van der Waals surface area contributed by atoms with Gasteiger partial charge < -0.3 is 9.73 Å². The average Bonchev–Trinajstić information content (AvgIpc) is 3.17. The fraction of sp³-hybridized carbons (Fsp3) is 0.208. The number of anilines is 1. The normalized spacial score (nSPS) is 13.9. The van der Waals surface area contributed by atoms with E-state index in [0.29, 0.717) is 56.7 Å². The van der Waals surface area contributed by atoms with Gasteiger partial charge in [-0.1, -0.05) is 35.3 Å². The van der Waals surface area contributed by atoms with E-state index < -0.39 is 10.8 Å². The lowest BCUT2D eigenvalue weighted by Gasteiger charge is -2.13. The molecule has 0 saturated carbocycles. The molecule has 1 aliphatic rings. The Morgan fingerprint density at radius 1 is 1.14 bits per heavy atom. The van der Waals surface area contributed by atoms with Crippen LogP contribution >= 0.6 is 23.2 Å². The molecule has 0 spiro atoms. The molecule has 0 atom stereocenters. The van der Waals surface area contributed by atoms with Crippen molar-refractivity contribution in [3.63, 3.8) is 0 Å². The monoisotopic (exact) mass is 514 g/mol. The van der Waals surface area contributed by atoms with Crippen LogP contribution in [0.2, 0.25) is 10.0 Å². The number of nitro groups is 1. The Kier molecular flexibility index (Phi) is 7.18. The summed E-state index contributed by atoms with van der Waals surface area (Å²) in [7, 11) is 0. The van der Waals surface area contributed by atoms with Gasteiger partial charge in [0.25, 0.3) is 11.6 Å². The lowest BCUT2D eigenvalue weighted by molar-refractivity contribution is -0.384. The number of nitrogens with one attached hydrogen (secondary N) is 2. The third-order valence-corrected chi connectivity index (χ3v) is 6.09. The molecule has 2 amide bonds. The van der Waals surface area contributed by atoms with E-state index in [-0.39, 0.29) is 23.8 Å². The third-order valence-electron chi connectivity index (χ3n) is 5.54. The number of amides is 2. The van der Waals surface area contributed by atoms with E-state index >= 15 is 0 Å². The molecular formula is C24H20Cl2N4O5. The average molecular weight is 515 g/mol. The molecule has 0 aliphatic heterocycles. The number of non-ortho nitro benzene ring substituents is 1. The highest BCUT2D eigenvalue weighted by molar-refractivity contribution is 6.36. The molecule has 0 saturated heterocycles. The number of aryl methyl sites for hydroxylation is 1. The van der Waals surface area contributed by atoms with Crippen molar-refractivity contribution < 1.29 is 18.9 Å². The van der Waals surface area contributed by atoms with Crippen LogP contribution in [0, 0.1) is 17.0 Å². The number of hydrazone groups is 1. The van der Waals surface area contributed by atoms with Crippen molar-refractivity contribution in [3.05, 3.63) is 90.8 Å². The molecule has 1 aromatic heterocycles. The number of halogens is 2. The van der Waals surface area contributed by atoms with Gasteiger partial charge in [0, 0.05) is 34.7 Å². The van der Waals surface area contributed by atoms with E-state index in [0.717, 1.165) is 6.42 Å². The van der Waals surface area contributed by atoms with Gasteiger partial charge in [0.1, 0.15) is 5.76 Å². The van der Waals surface area contributed by atoms with Gasteiger partial charge in [-0.2, -0.15) is 5.10 Å². The predicted molar refractivity (Wildman–Crippen MR) is 132 cm³/mol. The van der Waals surface area contributed by atoms with Crippen LogP contribution in [-0.2, 0) is 17.6 Å². The van der Waals surface area contributed by atoms with Gasteiger partial charge >= 0.3 is 0 Å². The lowest BCUT2D eigenvalue weighted by Crippen LogP contribution is -2.23. The third kappa shape index (κ3) is 5.52. The first-order valence-corrected chi connectivity index (χ1v) is 11.5. The standard InChI is InChI=1S/C24H20Cl2N4O5/c1-13-22-19(28-29-21(31)11-14-5-8-16(9-6-14)30(33)34)3-2-4-20(22)35-23(13)24(32)27-18-10-7-15(25)12-17(18)26/h5-10,12H,2-4,11H2,1H3,(H,27,32)(H,29,31)/b28-19+. The summed E-state index contributed by atoms with van der Waals surface area (Å²) in [5.74, 6) is -0.0463. The van der Waals surface area contributed by atoms with E-state index in [4.69, 9.17) is 27.6 Å². The molecule has 1 heterocycles. The summed E-state index contributed by atoms with van der Waals surface area (Å²) < 4.78 is 5.87. The molecule has 4 rings (SSSR count). The van der Waals surface area contributed by atoms with Gasteiger partial charge in [-0.15, -0.1) is 0 Å². The summed E-state index contributed by atoms with van der Waals surface area (Å²) >= 11 is 12.1. The summed E-state index contributed by atoms with van der Waals surface area (Å²) in [6.07, 6.45) is 2.01. The molecule has 0 radical (unpaired) electrons. The van der Waals surface area contributed by atoms with Crippen molar-refractivity contribution in [3.8, 4) is 0 Å². The minimum atomic E-state index is -0.498. The number of fused-ring (bicyclic) bond motifs is 1. The van der Waals surface area contributed by atoms with Crippen molar-refractivity contribution in [2.75, 3.05) is 5.32 Å². The second kappa shape index (κ2) is 10.3. The zero-order chi connectivity index (χ0) is 25.1. The van der Waals surface area contributed by atoms with Crippen molar-refractivity contribution in [2.24, 2.45) is 5.10 Å². The quantitative estimate of drug-likeness (QED) is 0.333. The summed E-state index contributed by atoms with van der Waals surface area (Å²) in [6, 6.07) is 10.5. The van der Waals surface area contributed by atoms with E-state index in [1.807, 2.05) is 0 Å². The van der Waals surface area contributed by atoms with E-state index in [1.165, 1.54) is 30.3 Å². The summed E-state index contributed by atoms with van der Waals surface area (Å²) in [5, 5.41) is 18.5. The van der Waals surface area contributed by atoms with Crippen LogP contribution in [0.1, 0.15) is 45.8 Å². The van der Waals surface area contributed by atoms with Crippen LogP contribution in [-0.4, -0.2) is 22.4 Å². The van der Waals surface area contributed by atoms with Crippen LogP contribution in [0.4, 0.5) is 11.4 Å². The molecule has 3 aromatic rings. The van der Waals surface area contributed by atoms with Crippen LogP contribution < -0.4 is 10.7 Å². The molecule has 9 nitrogen and oxygen atoms in total. The number of nitrogens with zero attached hydrogens (tertiary/aromatic N) is 2. The second-order valence-corrected chi connectivity index (χ2v) is 8.82. The molecule has 35 heavy (non-hydrogen) atoms. The van der Waals surface area contributed by atoms with E-state index in [9.17, 15) is 19.7 Å². The van der Waals surface area contributed by atoms with Gasteiger partial charge in [0.2, 0.25) is 5.91 Å². The summed E-state index contributed by atoms with van der Waals surface area (Å²) in [4.78, 5) is 35.5. The van der Waals surface area contributed by atoms with Gasteiger partial charge in [-0.05, 0) is 43.5 Å². The maximum atomic E-state index is 12.9. The molecule has 180 valence electrons. The fourth-order valence-electron chi connectivity index (χ4n) is 3.86. The SMILES string of the molecule is Cc1c(C(=O)Nc2ccc(Cl)cc2Cl)oc2c1/C(=N/NC(=O)Cc1ccc([N+](=O)[O-])cc1)CCC2. The second-order valence-electron chi connectivity index (χ2n) is 7.98. The highest BCUT2D eigenvalue weighted by Crippen LogP contribution is 2.31. The minimum absolute atomic E-state index is 0.0154. The van der Waals surface area contributed by atoms with Crippen LogP contribution in [0.5, 0.6) is 0 Å². The number of benzene rings is 2. The Labute approximate surface area is 210 Å². The highest BCUT2D eigenvalue weighted by atomic mass is 35.5. The van der Waals surface area contributed by atoms with Crippen LogP contribution in [0.25, 0.3) is 0 Å². The molecule has 2 aromatic carbocycles. The maximum Gasteiger partial charge on any atom is 0.291 e. The van der Waals surface area contributed by atoms with Gasteiger partial charge in [-0.3, -0.25) is 19.7 Å². The largest absolute Gasteiger partial charge is 0.455 e. The van der Waals surface area contributed by atoms with Gasteiger partial charge in [0.05, 0.1) is 27.8 Å². The molecule has 1 aliphatic carbocycles. The first-order valence-electron chi connectivity index (χ1n) is 10.7. The molecule has 2 N–H and O–H groups in total. The van der Waals surface area contributed by atoms with E-state index in [2.05, 4.69) is 15.8 Å². The number of furan rings is 1. The summed E-state index contributed by atoms with van der Waals surface area (Å²) in [6.45, 7) is 1.76. The topological polar surface area (TPSA) is 127 Å². The highest BCUT2D eigenvalue weighted by Gasteiger charge is 2.28. The number of hydrogen-bond donors (Lipinski definition) is 2. The maximum absolute atomic E-state index is 12.9. The first kappa shape index (κ1) is 24.4. The Balaban J connectivity index is 1.48. The fourth-order valence-corrected chi connectivity index (χ4v) is 4.31. The van der Waals surface area contributed by atoms with Crippen molar-refractivity contribution in [2.45, 2.75) is 32.6 Å². The Morgan fingerprint density at radius 2 is 1.89 bits per heavy atom. The minimum Gasteiger partial charge on any atom is -0.455 e. The Hall–Kier alpha value is -3.69. The van der Waals surface area contributed by atoms with E-state index in [1.54, 1.807) is 19.1 Å². The van der Waals surface area contributed by atoms with Crippen LogP contribution in [0.15, 0.2) is 52.0 Å². The molecule has 0 fully saturated rings. The number of rotatable bonds is 6. The summed E-state index contributed by atoms with van der Waals surface area (Å²) in [5.41, 5.74) is 5.47. The van der Waals surface area contributed by atoms with Crippen molar-refractivity contribution in [1.29, 1.82) is 0 Å². The molecule has 0 unspecified atom stereocenters. The number of carbonyl (C=O) groups is 2. The molecule has 0 bridgehead atoms. The molecular weight excluding hydrogens is 495 g/mol. The van der Waals surface area contributed by atoms with Gasteiger partial charge in [-0.25, -0.2) is 5.43 Å². The first-order chi connectivity index (χ1) is 16.7. The van der Waals surface area contributed by atoms with Crippen molar-refractivity contribution in [1.82, 2.24) is 5.43 Å². The predicted octanol–water partition coefficient (Wildman–Crippen LogP) is 5.45. The zero-order valence-corrected chi connectivity index (χ0v) is 20.1. The van der Waals surface area contributed by atoms with Gasteiger partial charge in [0.15, 0.2) is 5.76 Å². The number of carbonyl (C=O) groups excluding carboxylic acids is 2. The molecule has 11 heteroatoms. The van der Waals surface area contributed by atoms with Crippen molar-refractivity contribution >= 4 is 52.1 Å². The smallest absolute Gasteiger partial charge is 0.291 e. The number of nitro benzene ring substituents is 1. The Bertz CT molecular complexity index is 1350.